The Kier molecular flexibility index (Phi) is 3.69. The fourth-order valence-electron chi connectivity index (χ4n) is 0.710. The van der Waals surface area contributed by atoms with E-state index in [0.29, 0.717) is 12.0 Å². The first-order chi connectivity index (χ1) is 6.24. The first kappa shape index (κ1) is 9.97. The zero-order valence-corrected chi connectivity index (χ0v) is 7.48. The molecule has 0 spiro atoms. The molecule has 2 nitrogen and oxygen atoms in total. The van der Waals surface area contributed by atoms with Gasteiger partial charge in [-0.2, -0.15) is 4.39 Å². The molecule has 1 aromatic rings. The minimum Gasteiger partial charge on any atom is -0.395 e. The lowest BCUT2D eigenvalue weighted by Crippen LogP contribution is -1.85. The fraction of sp³-hybridized carbons (Fsp3) is 0.222. The van der Waals surface area contributed by atoms with Crippen molar-refractivity contribution in [3.05, 3.63) is 28.8 Å². The molecule has 0 aliphatic heterocycles. The average molecular weight is 200 g/mol. The molecule has 13 heavy (non-hydrogen) atoms. The molecule has 0 aromatic carbocycles. The molecule has 1 aromatic heterocycles. The molecule has 1 rings (SSSR count). The number of aliphatic hydroxyl groups is 1. The SMILES string of the molecule is OCCC#Cc1cnc(F)c(Cl)c1. The van der Waals surface area contributed by atoms with Crippen LogP contribution in [0.5, 0.6) is 0 Å². The number of nitrogens with zero attached hydrogens (tertiary/aromatic N) is 1. The van der Waals surface area contributed by atoms with Gasteiger partial charge in [-0.25, -0.2) is 4.98 Å². The van der Waals surface area contributed by atoms with Gasteiger partial charge in [0.2, 0.25) is 5.95 Å². The van der Waals surface area contributed by atoms with Crippen molar-refractivity contribution in [3.8, 4) is 11.8 Å². The Morgan fingerprint density at radius 3 is 3.00 bits per heavy atom. The van der Waals surface area contributed by atoms with Crippen molar-refractivity contribution in [1.29, 1.82) is 0 Å². The van der Waals surface area contributed by atoms with Crippen molar-refractivity contribution in [2.45, 2.75) is 6.42 Å². The predicted octanol–water partition coefficient (Wildman–Crippen LogP) is 1.61. The van der Waals surface area contributed by atoms with Crippen LogP contribution in [0.3, 0.4) is 0 Å². The fourth-order valence-corrected chi connectivity index (χ4v) is 0.876. The van der Waals surface area contributed by atoms with E-state index in [-0.39, 0.29) is 11.6 Å². The van der Waals surface area contributed by atoms with Crippen molar-refractivity contribution in [1.82, 2.24) is 4.98 Å². The number of aromatic nitrogens is 1. The summed E-state index contributed by atoms with van der Waals surface area (Å²) in [6.07, 6.45) is 1.68. The first-order valence-corrected chi connectivity index (χ1v) is 4.02. The Balaban J connectivity index is 2.81. The summed E-state index contributed by atoms with van der Waals surface area (Å²) >= 11 is 5.47. The number of hydrogen-bond acceptors (Lipinski definition) is 2. The van der Waals surface area contributed by atoms with Crippen molar-refractivity contribution >= 4 is 11.6 Å². The number of pyridine rings is 1. The van der Waals surface area contributed by atoms with Gasteiger partial charge in [0.1, 0.15) is 0 Å². The van der Waals surface area contributed by atoms with Gasteiger partial charge in [-0.1, -0.05) is 23.4 Å². The summed E-state index contributed by atoms with van der Waals surface area (Å²) in [4.78, 5) is 3.39. The molecule has 0 radical (unpaired) electrons. The highest BCUT2D eigenvalue weighted by atomic mass is 35.5. The predicted molar refractivity (Wildman–Crippen MR) is 47.8 cm³/mol. The van der Waals surface area contributed by atoms with Crippen LogP contribution < -0.4 is 0 Å². The molecule has 1 heterocycles. The van der Waals surface area contributed by atoms with Gasteiger partial charge in [-0.3, -0.25) is 0 Å². The van der Waals surface area contributed by atoms with E-state index in [1.807, 2.05) is 0 Å². The van der Waals surface area contributed by atoms with E-state index >= 15 is 0 Å². The zero-order valence-electron chi connectivity index (χ0n) is 6.72. The lowest BCUT2D eigenvalue weighted by atomic mass is 10.3. The number of halogens is 2. The average Bonchev–Trinajstić information content (AvgIpc) is 2.12. The Bertz CT molecular complexity index is 356. The van der Waals surface area contributed by atoms with E-state index in [1.54, 1.807) is 0 Å². The van der Waals surface area contributed by atoms with Gasteiger partial charge >= 0.3 is 0 Å². The summed E-state index contributed by atoms with van der Waals surface area (Å²) in [5.74, 6) is 4.67. The van der Waals surface area contributed by atoms with Gasteiger partial charge in [-0.05, 0) is 6.07 Å². The van der Waals surface area contributed by atoms with Crippen LogP contribution in [0.25, 0.3) is 0 Å². The van der Waals surface area contributed by atoms with Crippen molar-refractivity contribution in [2.75, 3.05) is 6.61 Å². The van der Waals surface area contributed by atoms with Crippen LogP contribution in [0, 0.1) is 17.8 Å². The summed E-state index contributed by atoms with van der Waals surface area (Å²) < 4.78 is 12.6. The molecular weight excluding hydrogens is 193 g/mol. The molecule has 0 amide bonds. The van der Waals surface area contributed by atoms with Gasteiger partial charge in [-0.15, -0.1) is 0 Å². The number of hydrogen-bond donors (Lipinski definition) is 1. The van der Waals surface area contributed by atoms with Crippen molar-refractivity contribution < 1.29 is 9.50 Å². The van der Waals surface area contributed by atoms with E-state index in [9.17, 15) is 4.39 Å². The Morgan fingerprint density at radius 2 is 2.38 bits per heavy atom. The lowest BCUT2D eigenvalue weighted by Gasteiger charge is -1.92. The maximum atomic E-state index is 12.6. The van der Waals surface area contributed by atoms with E-state index < -0.39 is 5.95 Å². The highest BCUT2D eigenvalue weighted by Crippen LogP contribution is 2.12. The molecule has 0 atom stereocenters. The van der Waals surface area contributed by atoms with Gasteiger partial charge in [0.25, 0.3) is 0 Å². The van der Waals surface area contributed by atoms with Gasteiger partial charge in [0.05, 0.1) is 11.6 Å². The summed E-state index contributed by atoms with van der Waals surface area (Å²) in [5.41, 5.74) is 0.542. The van der Waals surface area contributed by atoms with E-state index in [2.05, 4.69) is 16.8 Å². The molecule has 0 unspecified atom stereocenters. The van der Waals surface area contributed by atoms with Crippen LogP contribution in [-0.4, -0.2) is 16.7 Å². The van der Waals surface area contributed by atoms with Gasteiger partial charge < -0.3 is 5.11 Å². The Hall–Kier alpha value is -1.11. The molecule has 0 aliphatic rings. The standard InChI is InChI=1S/C9H7ClFNO/c10-8-5-7(3-1-2-4-13)6-12-9(8)11/h5-6,13H,2,4H2. The Labute approximate surface area is 80.4 Å². The second-order valence-corrected chi connectivity index (χ2v) is 2.68. The number of rotatable bonds is 1. The monoisotopic (exact) mass is 199 g/mol. The van der Waals surface area contributed by atoms with Crippen LogP contribution in [0.4, 0.5) is 4.39 Å². The van der Waals surface area contributed by atoms with E-state index in [1.165, 1.54) is 12.3 Å². The first-order valence-electron chi connectivity index (χ1n) is 3.65. The lowest BCUT2D eigenvalue weighted by molar-refractivity contribution is 0.305. The van der Waals surface area contributed by atoms with E-state index in [0.717, 1.165) is 0 Å². The Morgan fingerprint density at radius 1 is 1.62 bits per heavy atom. The normalized spacial score (nSPS) is 9.15. The molecule has 68 valence electrons. The summed E-state index contributed by atoms with van der Waals surface area (Å²) in [6.45, 7) is 0.00928. The molecular formula is C9H7ClFNO. The summed E-state index contributed by atoms with van der Waals surface area (Å²) in [6, 6.07) is 1.40. The summed E-state index contributed by atoms with van der Waals surface area (Å²) in [7, 11) is 0. The van der Waals surface area contributed by atoms with Gasteiger partial charge in [0, 0.05) is 18.2 Å². The highest BCUT2D eigenvalue weighted by Gasteiger charge is 1.99. The zero-order chi connectivity index (χ0) is 9.68. The smallest absolute Gasteiger partial charge is 0.231 e. The molecule has 4 heteroatoms. The second-order valence-electron chi connectivity index (χ2n) is 2.27. The van der Waals surface area contributed by atoms with Crippen LogP contribution in [0.15, 0.2) is 12.3 Å². The molecule has 1 N–H and O–H groups in total. The van der Waals surface area contributed by atoms with E-state index in [4.69, 9.17) is 16.7 Å². The van der Waals surface area contributed by atoms with Crippen LogP contribution in [-0.2, 0) is 0 Å². The van der Waals surface area contributed by atoms with Crippen molar-refractivity contribution in [3.63, 3.8) is 0 Å². The third-order valence-electron chi connectivity index (χ3n) is 1.27. The molecule has 0 aliphatic carbocycles. The summed E-state index contributed by atoms with van der Waals surface area (Å²) in [5, 5.41) is 8.39. The molecule has 0 fully saturated rings. The molecule has 0 saturated heterocycles. The van der Waals surface area contributed by atoms with Crippen LogP contribution >= 0.6 is 11.6 Å². The second kappa shape index (κ2) is 4.80. The largest absolute Gasteiger partial charge is 0.395 e. The topological polar surface area (TPSA) is 33.1 Å². The highest BCUT2D eigenvalue weighted by molar-refractivity contribution is 6.30. The quantitative estimate of drug-likeness (QED) is 0.551. The third-order valence-corrected chi connectivity index (χ3v) is 1.53. The molecule has 0 bridgehead atoms. The number of aliphatic hydroxyl groups excluding tert-OH is 1. The third kappa shape index (κ3) is 3.02. The van der Waals surface area contributed by atoms with Crippen LogP contribution in [0.1, 0.15) is 12.0 Å². The maximum Gasteiger partial charge on any atom is 0.231 e. The maximum absolute atomic E-state index is 12.6. The van der Waals surface area contributed by atoms with Gasteiger partial charge in [0.15, 0.2) is 0 Å². The van der Waals surface area contributed by atoms with Crippen LogP contribution in [0.2, 0.25) is 5.02 Å². The van der Waals surface area contributed by atoms with Crippen molar-refractivity contribution in [2.24, 2.45) is 0 Å². The minimum atomic E-state index is -0.700. The minimum absolute atomic E-state index is 0.00928. The molecule has 0 saturated carbocycles.